The monoisotopic (exact) mass is 292 g/mol. The molecule has 1 aliphatic rings. The van der Waals surface area contributed by atoms with Crippen molar-refractivity contribution in [1.29, 1.82) is 0 Å². The van der Waals surface area contributed by atoms with Gasteiger partial charge in [0.15, 0.2) is 16.3 Å². The zero-order valence-electron chi connectivity index (χ0n) is 10.7. The maximum absolute atomic E-state index is 10.9. The summed E-state index contributed by atoms with van der Waals surface area (Å²) in [6.45, 7) is 0. The Morgan fingerprint density at radius 2 is 2.30 bits per heavy atom. The first-order valence-corrected chi connectivity index (χ1v) is 6.52. The maximum atomic E-state index is 10.9. The third-order valence-corrected chi connectivity index (χ3v) is 3.54. The second-order valence-electron chi connectivity index (χ2n) is 4.60. The molecule has 1 aromatic heterocycles. The smallest absolute Gasteiger partial charge is 0.310 e. The molecule has 0 amide bonds. The third-order valence-electron chi connectivity index (χ3n) is 3.25. The molecule has 8 heteroatoms. The van der Waals surface area contributed by atoms with Gasteiger partial charge in [-0.2, -0.15) is 5.10 Å². The van der Waals surface area contributed by atoms with Crippen molar-refractivity contribution >= 4 is 17.9 Å². The highest BCUT2D eigenvalue weighted by molar-refractivity contribution is 7.71. The molecule has 0 aliphatic heterocycles. The Labute approximate surface area is 119 Å². The number of H-pyrrole nitrogens is 1. The summed E-state index contributed by atoms with van der Waals surface area (Å²) >= 11 is 5.22. The number of benzene rings is 1. The zero-order valence-corrected chi connectivity index (χ0v) is 11.5. The fourth-order valence-electron chi connectivity index (χ4n) is 2.15. The third kappa shape index (κ3) is 2.07. The van der Waals surface area contributed by atoms with Gasteiger partial charge < -0.3 is 4.74 Å². The highest BCUT2D eigenvalue weighted by Gasteiger charge is 2.28. The van der Waals surface area contributed by atoms with Gasteiger partial charge >= 0.3 is 5.69 Å². The van der Waals surface area contributed by atoms with Crippen LogP contribution in [0.1, 0.15) is 18.9 Å². The van der Waals surface area contributed by atoms with Crippen LogP contribution in [0.2, 0.25) is 0 Å². The summed E-state index contributed by atoms with van der Waals surface area (Å²) in [4.78, 5) is 10.4. The molecule has 1 fully saturated rings. The summed E-state index contributed by atoms with van der Waals surface area (Å²) in [7, 11) is 1.41. The van der Waals surface area contributed by atoms with E-state index in [2.05, 4.69) is 10.2 Å². The summed E-state index contributed by atoms with van der Waals surface area (Å²) in [6, 6.07) is 5.06. The first-order valence-electron chi connectivity index (χ1n) is 6.11. The number of nitro groups is 1. The number of nitro benzene ring substituents is 1. The lowest BCUT2D eigenvalue weighted by molar-refractivity contribution is -0.385. The molecular formula is C12H12N4O3S. The molecule has 2 aromatic rings. The number of ether oxygens (including phenoxy) is 1. The second-order valence-corrected chi connectivity index (χ2v) is 4.98. The molecule has 104 valence electrons. The average Bonchev–Trinajstić information content (AvgIpc) is 3.20. The van der Waals surface area contributed by atoms with Crippen molar-refractivity contribution in [1.82, 2.24) is 14.8 Å². The quantitative estimate of drug-likeness (QED) is 0.532. The van der Waals surface area contributed by atoms with E-state index in [4.69, 9.17) is 17.0 Å². The molecule has 0 atom stereocenters. The van der Waals surface area contributed by atoms with E-state index in [1.165, 1.54) is 13.2 Å². The lowest BCUT2D eigenvalue weighted by Gasteiger charge is -2.07. The topological polar surface area (TPSA) is 86.0 Å². The predicted molar refractivity (Wildman–Crippen MR) is 74.3 cm³/mol. The Kier molecular flexibility index (Phi) is 3.01. The number of hydrogen-bond donors (Lipinski definition) is 1. The van der Waals surface area contributed by atoms with E-state index < -0.39 is 4.92 Å². The fourth-order valence-corrected chi connectivity index (χ4v) is 2.43. The van der Waals surface area contributed by atoms with Crippen molar-refractivity contribution in [2.45, 2.75) is 18.9 Å². The number of aromatic nitrogens is 3. The van der Waals surface area contributed by atoms with Crippen molar-refractivity contribution in [3.05, 3.63) is 33.1 Å². The number of nitrogens with one attached hydrogen (secondary N) is 1. The molecular weight excluding hydrogens is 280 g/mol. The Morgan fingerprint density at radius 3 is 2.90 bits per heavy atom. The van der Waals surface area contributed by atoms with Gasteiger partial charge in [-0.1, -0.05) is 0 Å². The van der Waals surface area contributed by atoms with Crippen LogP contribution in [0.5, 0.6) is 5.75 Å². The van der Waals surface area contributed by atoms with Crippen molar-refractivity contribution in [2.24, 2.45) is 0 Å². The van der Waals surface area contributed by atoms with Crippen molar-refractivity contribution < 1.29 is 9.66 Å². The molecule has 1 aliphatic carbocycles. The number of hydrogen-bond acceptors (Lipinski definition) is 5. The van der Waals surface area contributed by atoms with Crippen LogP contribution in [0.15, 0.2) is 18.2 Å². The molecule has 3 rings (SSSR count). The van der Waals surface area contributed by atoms with E-state index in [1.54, 1.807) is 12.1 Å². The Bertz CT molecular complexity index is 733. The summed E-state index contributed by atoms with van der Waals surface area (Å²) in [5.74, 6) is 0.898. The van der Waals surface area contributed by atoms with E-state index >= 15 is 0 Å². The number of rotatable bonds is 4. The van der Waals surface area contributed by atoms with E-state index in [1.807, 2.05) is 4.57 Å². The van der Waals surface area contributed by atoms with E-state index in [9.17, 15) is 10.1 Å². The van der Waals surface area contributed by atoms with Crippen LogP contribution in [0, 0.1) is 14.9 Å². The minimum Gasteiger partial charge on any atom is -0.490 e. The van der Waals surface area contributed by atoms with E-state index in [0.29, 0.717) is 16.6 Å². The summed E-state index contributed by atoms with van der Waals surface area (Å²) < 4.78 is 7.60. The molecule has 0 radical (unpaired) electrons. The normalized spacial score (nSPS) is 14.2. The van der Waals surface area contributed by atoms with E-state index in [-0.39, 0.29) is 11.4 Å². The van der Waals surface area contributed by atoms with Crippen LogP contribution < -0.4 is 4.74 Å². The molecule has 0 bridgehead atoms. The number of nitrogens with zero attached hydrogens (tertiary/aromatic N) is 3. The first kappa shape index (κ1) is 12.8. The molecule has 1 saturated carbocycles. The van der Waals surface area contributed by atoms with Gasteiger partial charge in [-0.25, -0.2) is 0 Å². The van der Waals surface area contributed by atoms with Crippen LogP contribution in [-0.2, 0) is 0 Å². The van der Waals surface area contributed by atoms with Crippen molar-refractivity contribution in [3.8, 4) is 17.1 Å². The number of aromatic amines is 1. The van der Waals surface area contributed by atoms with Gasteiger partial charge in [-0.3, -0.25) is 19.8 Å². The van der Waals surface area contributed by atoms with Gasteiger partial charge in [0.05, 0.1) is 12.0 Å². The highest BCUT2D eigenvalue weighted by atomic mass is 32.1. The first-order chi connectivity index (χ1) is 9.61. The average molecular weight is 292 g/mol. The molecule has 1 aromatic carbocycles. The van der Waals surface area contributed by atoms with E-state index in [0.717, 1.165) is 18.4 Å². The van der Waals surface area contributed by atoms with Gasteiger partial charge in [0, 0.05) is 17.7 Å². The molecule has 0 spiro atoms. The van der Waals surface area contributed by atoms with Crippen LogP contribution in [-0.4, -0.2) is 26.8 Å². The predicted octanol–water partition coefficient (Wildman–Crippen LogP) is 2.86. The van der Waals surface area contributed by atoms with Gasteiger partial charge in [0.1, 0.15) is 0 Å². The SMILES string of the molecule is COc1cc(-c2n[nH]c(=S)n2C2CC2)ccc1[N+](=O)[O-]. The van der Waals surface area contributed by atoms with Gasteiger partial charge in [-0.15, -0.1) is 0 Å². The zero-order chi connectivity index (χ0) is 14.3. The molecule has 0 saturated heterocycles. The van der Waals surface area contributed by atoms with Crippen LogP contribution in [0.25, 0.3) is 11.4 Å². The Morgan fingerprint density at radius 1 is 1.55 bits per heavy atom. The lowest BCUT2D eigenvalue weighted by atomic mass is 10.1. The molecule has 7 nitrogen and oxygen atoms in total. The highest BCUT2D eigenvalue weighted by Crippen LogP contribution is 2.39. The standard InChI is InChI=1S/C12H12N4O3S/c1-19-10-6-7(2-5-9(10)16(17)18)11-13-14-12(20)15(11)8-3-4-8/h2,5-6,8H,3-4H2,1H3,(H,14,20). The molecule has 0 unspecified atom stereocenters. The van der Waals surface area contributed by atoms with Crippen LogP contribution >= 0.6 is 12.2 Å². The number of methoxy groups -OCH3 is 1. The van der Waals surface area contributed by atoms with Crippen molar-refractivity contribution in [2.75, 3.05) is 7.11 Å². The summed E-state index contributed by atoms with van der Waals surface area (Å²) in [5.41, 5.74) is 0.676. The minimum atomic E-state index is -0.472. The van der Waals surface area contributed by atoms with Gasteiger partial charge in [-0.05, 0) is 37.2 Å². The Hall–Kier alpha value is -2.22. The largest absolute Gasteiger partial charge is 0.490 e. The van der Waals surface area contributed by atoms with Gasteiger partial charge in [0.25, 0.3) is 0 Å². The lowest BCUT2D eigenvalue weighted by Crippen LogP contribution is -1.99. The second kappa shape index (κ2) is 4.71. The maximum Gasteiger partial charge on any atom is 0.310 e. The molecule has 20 heavy (non-hydrogen) atoms. The van der Waals surface area contributed by atoms with Crippen LogP contribution in [0.4, 0.5) is 5.69 Å². The molecule has 1 N–H and O–H groups in total. The summed E-state index contributed by atoms with van der Waals surface area (Å²) in [5, 5.41) is 17.9. The summed E-state index contributed by atoms with van der Waals surface area (Å²) in [6.07, 6.45) is 2.15. The fraction of sp³-hybridized carbons (Fsp3) is 0.333. The van der Waals surface area contributed by atoms with Gasteiger partial charge in [0.2, 0.25) is 0 Å². The van der Waals surface area contributed by atoms with Crippen LogP contribution in [0.3, 0.4) is 0 Å². The Balaban J connectivity index is 2.11. The van der Waals surface area contributed by atoms with Crippen molar-refractivity contribution in [3.63, 3.8) is 0 Å². The minimum absolute atomic E-state index is 0.0663. The molecule has 1 heterocycles.